The summed E-state index contributed by atoms with van der Waals surface area (Å²) in [7, 11) is 0. The summed E-state index contributed by atoms with van der Waals surface area (Å²) in [5.41, 5.74) is -2.43. The number of hydrogen-bond acceptors (Lipinski definition) is 10. The van der Waals surface area contributed by atoms with Crippen molar-refractivity contribution in [3.8, 4) is 0 Å². The minimum Gasteiger partial charge on any atom is -0.459 e. The predicted octanol–water partition coefficient (Wildman–Crippen LogP) is 28.3. The highest BCUT2D eigenvalue weighted by Gasteiger charge is 2.70. The summed E-state index contributed by atoms with van der Waals surface area (Å²) in [5.74, 6) is 16.5. The van der Waals surface area contributed by atoms with Gasteiger partial charge in [-0.05, 0) is 378 Å². The quantitative estimate of drug-likeness (QED) is 0.0788. The maximum atomic E-state index is 12.7. The topological polar surface area (TPSA) is 132 Å². The first-order valence-corrected chi connectivity index (χ1v) is 43.4. The van der Waals surface area contributed by atoms with Gasteiger partial charge in [0.1, 0.15) is 28.0 Å². The van der Waals surface area contributed by atoms with Gasteiger partial charge < -0.3 is 23.7 Å². The minimum atomic E-state index is -0.358. The highest BCUT2D eigenvalue weighted by atomic mass is 16.6. The molecule has 0 heterocycles. The summed E-state index contributed by atoms with van der Waals surface area (Å²) >= 11 is 0. The SMILES string of the molecule is C.C.C.C.C.C.C.C.CCC(C)(C)C(=O)OC(C)(C)C12CC3CC(CC1C3)C2.CCC(C)(C)C(=O)OC1(C)CC2CC1C1C3CCC(C3)C21.CCC(C)(C)C(=O)OC1(C)CCC2CCCCC2C1.CCC(C)(C)C(=O)OC1(C)CCCC2CCCCC21.CCC(C)(C)C(=O)OC1(CC)CC2CC1C1C3CCC(C3)C21. The Hall–Kier alpha value is -2.65. The zero-order valence-electron chi connectivity index (χ0n) is 68.8. The van der Waals surface area contributed by atoms with Gasteiger partial charge in [0.25, 0.3) is 0 Å². The van der Waals surface area contributed by atoms with Crippen molar-refractivity contribution in [3.63, 3.8) is 0 Å². The fourth-order valence-corrected chi connectivity index (χ4v) is 26.2. The van der Waals surface area contributed by atoms with E-state index in [-0.39, 0.29) is 150 Å². The first-order chi connectivity index (χ1) is 47.2. The van der Waals surface area contributed by atoms with E-state index in [1.165, 1.54) is 154 Å². The van der Waals surface area contributed by atoms with E-state index in [1.54, 1.807) is 0 Å². The first kappa shape index (κ1) is 101. The van der Waals surface area contributed by atoms with Crippen LogP contribution in [0.15, 0.2) is 0 Å². The summed E-state index contributed by atoms with van der Waals surface area (Å²) in [6, 6.07) is 0. The lowest BCUT2D eigenvalue weighted by atomic mass is 9.63. The molecule has 0 spiro atoms. The maximum Gasteiger partial charge on any atom is 0.312 e. The summed E-state index contributed by atoms with van der Waals surface area (Å²) < 4.78 is 30.6. The molecule has 0 amide bonds. The van der Waals surface area contributed by atoms with Gasteiger partial charge in [0, 0.05) is 23.2 Å². The molecule has 22 unspecified atom stereocenters. The van der Waals surface area contributed by atoms with Gasteiger partial charge in [-0.15, -0.1) is 0 Å². The van der Waals surface area contributed by atoms with E-state index in [0.29, 0.717) is 17.8 Å². The molecule has 0 aliphatic heterocycles. The molecule has 22 atom stereocenters. The lowest BCUT2D eigenvalue weighted by molar-refractivity contribution is -0.185. The second kappa shape index (κ2) is 37.3. The molecule has 16 saturated carbocycles. The molecule has 0 aromatic rings. The Morgan fingerprint density at radius 1 is 0.321 bits per heavy atom. The van der Waals surface area contributed by atoms with Crippen molar-refractivity contribution in [3.05, 3.63) is 0 Å². The van der Waals surface area contributed by atoms with Crippen LogP contribution in [0.3, 0.4) is 0 Å². The van der Waals surface area contributed by atoms with Gasteiger partial charge in [0.2, 0.25) is 0 Å². The molecule has 10 heteroatoms. The van der Waals surface area contributed by atoms with E-state index < -0.39 is 0 Å². The number of carbonyl (C=O) groups excluding carboxylic acids is 5. The molecule has 640 valence electrons. The van der Waals surface area contributed by atoms with Gasteiger partial charge in [0.05, 0.1) is 27.1 Å². The van der Waals surface area contributed by atoms with Gasteiger partial charge in [-0.3, -0.25) is 24.0 Å². The maximum absolute atomic E-state index is 12.7. The van der Waals surface area contributed by atoms with E-state index in [0.717, 1.165) is 165 Å². The van der Waals surface area contributed by atoms with Crippen LogP contribution in [0.4, 0.5) is 0 Å². The van der Waals surface area contributed by atoms with Gasteiger partial charge >= 0.3 is 29.8 Å². The van der Waals surface area contributed by atoms with Gasteiger partial charge in [-0.1, -0.05) is 146 Å². The number of esters is 5. The largest absolute Gasteiger partial charge is 0.459 e. The molecule has 0 aromatic carbocycles. The van der Waals surface area contributed by atoms with Crippen LogP contribution in [-0.4, -0.2) is 57.9 Å². The zero-order chi connectivity index (χ0) is 73.6. The number of fused-ring (bicyclic) bond motifs is 20. The van der Waals surface area contributed by atoms with E-state index in [9.17, 15) is 24.0 Å². The molecular formula is C99H184O10. The Bertz CT molecular complexity index is 2910. The summed E-state index contributed by atoms with van der Waals surface area (Å²) in [4.78, 5) is 62.5. The monoisotopic (exact) mass is 1530 g/mol. The Morgan fingerprint density at radius 2 is 0.716 bits per heavy atom. The molecule has 16 fully saturated rings. The number of hydrogen-bond donors (Lipinski definition) is 0. The van der Waals surface area contributed by atoms with Crippen LogP contribution < -0.4 is 0 Å². The van der Waals surface area contributed by atoms with Crippen LogP contribution >= 0.6 is 0 Å². The lowest BCUT2D eigenvalue weighted by Gasteiger charge is -2.48. The molecule has 0 saturated heterocycles. The van der Waals surface area contributed by atoms with E-state index >= 15 is 0 Å². The Balaban J connectivity index is 0.000000347. The van der Waals surface area contributed by atoms with Crippen LogP contribution in [0.5, 0.6) is 0 Å². The lowest BCUT2D eigenvalue weighted by Crippen LogP contribution is -2.49. The van der Waals surface area contributed by atoms with Crippen LogP contribution in [0, 0.1) is 145 Å². The van der Waals surface area contributed by atoms with Crippen molar-refractivity contribution in [1.82, 2.24) is 0 Å². The average molecular weight is 1530 g/mol. The van der Waals surface area contributed by atoms with Crippen molar-refractivity contribution in [2.24, 2.45) is 145 Å². The van der Waals surface area contributed by atoms with E-state index in [2.05, 4.69) is 76.2 Å². The van der Waals surface area contributed by atoms with Crippen LogP contribution in [0.1, 0.15) is 430 Å². The molecule has 16 aliphatic rings. The molecule has 0 aromatic heterocycles. The highest BCUT2D eigenvalue weighted by Crippen LogP contribution is 2.73. The average Bonchev–Trinajstić information content (AvgIpc) is 1.67. The third-order valence-corrected chi connectivity index (χ3v) is 34.3. The fourth-order valence-electron chi connectivity index (χ4n) is 26.2. The van der Waals surface area contributed by atoms with Crippen molar-refractivity contribution >= 4 is 29.8 Å². The van der Waals surface area contributed by atoms with Crippen molar-refractivity contribution < 1.29 is 47.7 Å². The Labute approximate surface area is 676 Å². The third-order valence-electron chi connectivity index (χ3n) is 34.3. The smallest absolute Gasteiger partial charge is 0.312 e. The van der Waals surface area contributed by atoms with Crippen LogP contribution in [0.2, 0.25) is 0 Å². The minimum absolute atomic E-state index is 0. The number of rotatable bonds is 17. The van der Waals surface area contributed by atoms with Gasteiger partial charge in [-0.2, -0.15) is 0 Å². The molecule has 16 aliphatic carbocycles. The highest BCUT2D eigenvalue weighted by molar-refractivity contribution is 5.78. The van der Waals surface area contributed by atoms with Crippen molar-refractivity contribution in [2.75, 3.05) is 0 Å². The molecule has 10 nitrogen and oxygen atoms in total. The first-order valence-electron chi connectivity index (χ1n) is 43.4. The number of ether oxygens (including phenoxy) is 5. The molecule has 109 heavy (non-hydrogen) atoms. The van der Waals surface area contributed by atoms with Crippen LogP contribution in [0.25, 0.3) is 0 Å². The van der Waals surface area contributed by atoms with Crippen molar-refractivity contribution in [1.29, 1.82) is 0 Å². The summed E-state index contributed by atoms with van der Waals surface area (Å²) in [6.45, 7) is 43.6. The van der Waals surface area contributed by atoms with Crippen LogP contribution in [-0.2, 0) is 47.7 Å². The molecule has 12 bridgehead atoms. The predicted molar refractivity (Wildman–Crippen MR) is 460 cm³/mol. The molecular weight excluding hydrogens is 1350 g/mol. The van der Waals surface area contributed by atoms with E-state index in [4.69, 9.17) is 23.7 Å². The second-order valence-corrected chi connectivity index (χ2v) is 42.5. The number of carbonyl (C=O) groups is 5. The Kier molecular flexibility index (Phi) is 34.4. The van der Waals surface area contributed by atoms with Crippen molar-refractivity contribution in [2.45, 2.75) is 458 Å². The molecule has 0 radical (unpaired) electrons. The van der Waals surface area contributed by atoms with E-state index in [1.807, 2.05) is 69.2 Å². The standard InChI is InChI=1S/C20H32O2.C19H30O2.C18H30O2.2C17H30O2.8CH4/c1-5-19(3,4)18(21)22-20(6-2)11-14-10-15(20)17-13-8-7-12(9-13)16(14)17;1-5-18(2,3)17(20)21-19(4)10-13-9-14(19)16-12-7-6-11(8-12)15(13)16;1-6-16(2,3)15(19)20-17(4,5)18-10-12-7-13(11-18)9-14(18)8-12;1-5-16(2,3)15(18)19-17(4)12-8-10-13-9-6-7-11-14(13)17;1-5-16(2,3)15(18)19-17(4)11-10-13-8-6-7-9-14(13)12-17;;;;;;;;/h12-17H,5-11H2,1-4H3;11-16H,5-10H2,1-4H3;12-14H,6-11H2,1-5H3;2*13-14H,5-12H2,1-4H3;8*1H4. The normalized spacial score (nSPS) is 39.2. The van der Waals surface area contributed by atoms with Gasteiger partial charge in [-0.25, -0.2) is 0 Å². The molecule has 0 N–H and O–H groups in total. The third kappa shape index (κ3) is 19.3. The Morgan fingerprint density at radius 3 is 1.20 bits per heavy atom. The molecule has 16 rings (SSSR count). The zero-order valence-corrected chi connectivity index (χ0v) is 68.8. The summed E-state index contributed by atoms with van der Waals surface area (Å²) in [5, 5.41) is 0. The van der Waals surface area contributed by atoms with Gasteiger partial charge in [0.15, 0.2) is 0 Å². The summed E-state index contributed by atoms with van der Waals surface area (Å²) in [6.07, 6.45) is 43.6. The fraction of sp³-hybridized carbons (Fsp3) is 0.949. The second-order valence-electron chi connectivity index (χ2n) is 42.5.